The maximum absolute atomic E-state index is 12.2. The summed E-state index contributed by atoms with van der Waals surface area (Å²) >= 11 is 11.8. The highest BCUT2D eigenvalue weighted by atomic mass is 35.5. The standard InChI is InChI=1S/C13H16Cl2N2O.ClH/c14-10-5-9(6-11(15)7-10)12(18)17-13(8-16)3-1-2-4-13;/h5-7H,1-4,8,16H2,(H,17,18);1H. The van der Waals surface area contributed by atoms with E-state index in [9.17, 15) is 4.79 Å². The Bertz CT molecular complexity index is 439. The fraction of sp³-hybridized carbons (Fsp3) is 0.462. The van der Waals surface area contributed by atoms with Crippen LogP contribution in [0.4, 0.5) is 0 Å². The number of hydrogen-bond acceptors (Lipinski definition) is 2. The lowest BCUT2D eigenvalue weighted by atomic mass is 9.97. The van der Waals surface area contributed by atoms with Crippen LogP contribution in [0.1, 0.15) is 36.0 Å². The van der Waals surface area contributed by atoms with Crippen molar-refractivity contribution in [2.45, 2.75) is 31.2 Å². The van der Waals surface area contributed by atoms with Crippen molar-refractivity contribution >= 4 is 41.5 Å². The number of carbonyl (C=O) groups is 1. The molecule has 0 aliphatic heterocycles. The Labute approximate surface area is 129 Å². The van der Waals surface area contributed by atoms with Crippen molar-refractivity contribution in [3.05, 3.63) is 33.8 Å². The van der Waals surface area contributed by atoms with E-state index < -0.39 is 0 Å². The minimum atomic E-state index is -0.258. The van der Waals surface area contributed by atoms with Gasteiger partial charge in [-0.2, -0.15) is 0 Å². The molecule has 1 aromatic carbocycles. The molecule has 1 aliphatic rings. The van der Waals surface area contributed by atoms with E-state index >= 15 is 0 Å². The third-order valence-electron chi connectivity index (χ3n) is 3.45. The van der Waals surface area contributed by atoms with Crippen molar-refractivity contribution in [1.82, 2.24) is 5.32 Å². The molecule has 0 heterocycles. The summed E-state index contributed by atoms with van der Waals surface area (Å²) in [6.45, 7) is 0.465. The van der Waals surface area contributed by atoms with Gasteiger partial charge >= 0.3 is 0 Å². The Hall–Kier alpha value is -0.480. The van der Waals surface area contributed by atoms with Crippen LogP contribution in [-0.2, 0) is 0 Å². The lowest BCUT2D eigenvalue weighted by molar-refractivity contribution is 0.0903. The Morgan fingerprint density at radius 2 is 1.74 bits per heavy atom. The number of halogens is 3. The van der Waals surface area contributed by atoms with Crippen LogP contribution in [0.2, 0.25) is 10.0 Å². The van der Waals surface area contributed by atoms with Gasteiger partial charge < -0.3 is 11.1 Å². The predicted octanol–water partition coefficient (Wildman–Crippen LogP) is 3.42. The van der Waals surface area contributed by atoms with E-state index in [1.165, 1.54) is 0 Å². The molecule has 1 aliphatic carbocycles. The first-order valence-electron chi connectivity index (χ1n) is 6.03. The van der Waals surface area contributed by atoms with Crippen molar-refractivity contribution in [3.8, 4) is 0 Å². The lowest BCUT2D eigenvalue weighted by Crippen LogP contribution is -2.51. The fourth-order valence-corrected chi connectivity index (χ4v) is 2.96. The third kappa shape index (κ3) is 3.99. The molecule has 1 saturated carbocycles. The van der Waals surface area contributed by atoms with Crippen molar-refractivity contribution in [2.24, 2.45) is 5.73 Å². The summed E-state index contributed by atoms with van der Waals surface area (Å²) in [5.74, 6) is -0.160. The first kappa shape index (κ1) is 16.6. The van der Waals surface area contributed by atoms with Gasteiger partial charge in [0.1, 0.15) is 0 Å². The number of nitrogens with one attached hydrogen (secondary N) is 1. The fourth-order valence-electron chi connectivity index (χ4n) is 2.43. The Kier molecular flexibility index (Phi) is 5.93. The van der Waals surface area contributed by atoms with Crippen molar-refractivity contribution in [2.75, 3.05) is 6.54 Å². The molecule has 0 aromatic heterocycles. The number of rotatable bonds is 3. The van der Waals surface area contributed by atoms with E-state index in [0.717, 1.165) is 25.7 Å². The monoisotopic (exact) mass is 322 g/mol. The van der Waals surface area contributed by atoms with E-state index in [-0.39, 0.29) is 23.9 Å². The zero-order valence-corrected chi connectivity index (χ0v) is 12.7. The second kappa shape index (κ2) is 6.80. The molecule has 1 aromatic rings. The number of nitrogens with two attached hydrogens (primary N) is 1. The molecule has 3 N–H and O–H groups in total. The SMILES string of the molecule is Cl.NCC1(NC(=O)c2cc(Cl)cc(Cl)c2)CCCC1. The zero-order chi connectivity index (χ0) is 13.2. The minimum Gasteiger partial charge on any atom is -0.345 e. The normalized spacial score (nSPS) is 16.8. The summed E-state index contributed by atoms with van der Waals surface area (Å²) in [4.78, 5) is 12.2. The molecule has 0 saturated heterocycles. The Balaban J connectivity index is 0.00000180. The molecule has 1 fully saturated rings. The van der Waals surface area contributed by atoms with Crippen LogP contribution >= 0.6 is 35.6 Å². The average molecular weight is 324 g/mol. The van der Waals surface area contributed by atoms with Gasteiger partial charge in [0.15, 0.2) is 0 Å². The van der Waals surface area contributed by atoms with Crippen LogP contribution in [-0.4, -0.2) is 18.0 Å². The van der Waals surface area contributed by atoms with Gasteiger partial charge in [-0.05, 0) is 31.0 Å². The smallest absolute Gasteiger partial charge is 0.251 e. The molecule has 0 atom stereocenters. The van der Waals surface area contributed by atoms with Gasteiger partial charge in [-0.25, -0.2) is 0 Å². The van der Waals surface area contributed by atoms with Gasteiger partial charge in [-0.3, -0.25) is 4.79 Å². The molecule has 0 unspecified atom stereocenters. The lowest BCUT2D eigenvalue weighted by Gasteiger charge is -2.28. The second-order valence-corrected chi connectivity index (χ2v) is 5.68. The van der Waals surface area contributed by atoms with Gasteiger partial charge in [0, 0.05) is 22.2 Å². The molecule has 19 heavy (non-hydrogen) atoms. The number of benzene rings is 1. The summed E-state index contributed by atoms with van der Waals surface area (Å²) < 4.78 is 0. The van der Waals surface area contributed by atoms with E-state index in [0.29, 0.717) is 22.2 Å². The molecule has 0 radical (unpaired) electrons. The number of carbonyl (C=O) groups excluding carboxylic acids is 1. The Morgan fingerprint density at radius 1 is 1.21 bits per heavy atom. The summed E-state index contributed by atoms with van der Waals surface area (Å²) in [5.41, 5.74) is 6.01. The molecular formula is C13H17Cl3N2O. The van der Waals surface area contributed by atoms with Gasteiger partial charge in [-0.1, -0.05) is 36.0 Å². The topological polar surface area (TPSA) is 55.1 Å². The molecular weight excluding hydrogens is 307 g/mol. The van der Waals surface area contributed by atoms with E-state index in [1.807, 2.05) is 0 Å². The highest BCUT2D eigenvalue weighted by Gasteiger charge is 2.34. The minimum absolute atomic E-state index is 0. The van der Waals surface area contributed by atoms with Crippen LogP contribution in [0.5, 0.6) is 0 Å². The van der Waals surface area contributed by atoms with Gasteiger partial charge in [-0.15, -0.1) is 12.4 Å². The zero-order valence-electron chi connectivity index (χ0n) is 10.4. The molecule has 1 amide bonds. The second-order valence-electron chi connectivity index (χ2n) is 4.80. The summed E-state index contributed by atoms with van der Waals surface area (Å²) in [6, 6.07) is 4.83. The van der Waals surface area contributed by atoms with Gasteiger partial charge in [0.05, 0.1) is 5.54 Å². The maximum atomic E-state index is 12.2. The first-order valence-corrected chi connectivity index (χ1v) is 6.79. The number of hydrogen-bond donors (Lipinski definition) is 2. The van der Waals surface area contributed by atoms with Gasteiger partial charge in [0.25, 0.3) is 5.91 Å². The van der Waals surface area contributed by atoms with Crippen LogP contribution < -0.4 is 11.1 Å². The molecule has 6 heteroatoms. The van der Waals surface area contributed by atoms with Gasteiger partial charge in [0.2, 0.25) is 0 Å². The van der Waals surface area contributed by atoms with E-state index in [1.54, 1.807) is 18.2 Å². The van der Waals surface area contributed by atoms with Crippen LogP contribution in [0, 0.1) is 0 Å². The molecule has 2 rings (SSSR count). The third-order valence-corrected chi connectivity index (χ3v) is 3.89. The summed E-state index contributed by atoms with van der Waals surface area (Å²) in [5, 5.41) is 3.95. The van der Waals surface area contributed by atoms with Crippen LogP contribution in [0.15, 0.2) is 18.2 Å². The summed E-state index contributed by atoms with van der Waals surface area (Å²) in [6.07, 6.45) is 4.08. The van der Waals surface area contributed by atoms with Crippen molar-refractivity contribution in [3.63, 3.8) is 0 Å². The maximum Gasteiger partial charge on any atom is 0.251 e. The largest absolute Gasteiger partial charge is 0.345 e. The van der Waals surface area contributed by atoms with Crippen LogP contribution in [0.25, 0.3) is 0 Å². The highest BCUT2D eigenvalue weighted by Crippen LogP contribution is 2.29. The van der Waals surface area contributed by atoms with Crippen LogP contribution in [0.3, 0.4) is 0 Å². The molecule has 3 nitrogen and oxygen atoms in total. The average Bonchev–Trinajstić information content (AvgIpc) is 2.77. The first-order chi connectivity index (χ1) is 8.54. The molecule has 0 bridgehead atoms. The summed E-state index contributed by atoms with van der Waals surface area (Å²) in [7, 11) is 0. The van der Waals surface area contributed by atoms with Crippen molar-refractivity contribution < 1.29 is 4.79 Å². The highest BCUT2D eigenvalue weighted by molar-refractivity contribution is 6.35. The quantitative estimate of drug-likeness (QED) is 0.895. The Morgan fingerprint density at radius 3 is 2.21 bits per heavy atom. The predicted molar refractivity (Wildman–Crippen MR) is 81.4 cm³/mol. The van der Waals surface area contributed by atoms with E-state index in [4.69, 9.17) is 28.9 Å². The number of amides is 1. The molecule has 106 valence electrons. The molecule has 0 spiro atoms. The van der Waals surface area contributed by atoms with E-state index in [2.05, 4.69) is 5.32 Å². The van der Waals surface area contributed by atoms with Crippen molar-refractivity contribution in [1.29, 1.82) is 0 Å².